The van der Waals surface area contributed by atoms with Gasteiger partial charge in [0.25, 0.3) is 22.9 Å². The van der Waals surface area contributed by atoms with Crippen LogP contribution in [0.5, 0.6) is 11.5 Å². The highest BCUT2D eigenvalue weighted by Gasteiger charge is 2.27. The van der Waals surface area contributed by atoms with Crippen molar-refractivity contribution in [2.75, 3.05) is 40.4 Å². The van der Waals surface area contributed by atoms with Crippen LogP contribution in [0, 0.1) is 0 Å². The summed E-state index contributed by atoms with van der Waals surface area (Å²) >= 11 is 2.49. The molecule has 2 amide bonds. The molecule has 0 aliphatic carbocycles. The van der Waals surface area contributed by atoms with Crippen molar-refractivity contribution in [1.29, 1.82) is 0 Å². The summed E-state index contributed by atoms with van der Waals surface area (Å²) in [5.41, 5.74) is 7.28. The molecule has 0 bridgehead atoms. The summed E-state index contributed by atoms with van der Waals surface area (Å²) in [4.78, 5) is 79.0. The van der Waals surface area contributed by atoms with Gasteiger partial charge in [-0.25, -0.2) is 9.97 Å². The highest BCUT2D eigenvalue weighted by atomic mass is 32.1. The van der Waals surface area contributed by atoms with Crippen molar-refractivity contribution >= 4 is 54.9 Å². The van der Waals surface area contributed by atoms with Gasteiger partial charge in [0, 0.05) is 49.3 Å². The summed E-state index contributed by atoms with van der Waals surface area (Å²) in [5, 5.41) is 3.47. The van der Waals surface area contributed by atoms with Gasteiger partial charge in [-0.2, -0.15) is 0 Å². The van der Waals surface area contributed by atoms with Crippen LogP contribution in [-0.4, -0.2) is 91.9 Å². The van der Waals surface area contributed by atoms with Gasteiger partial charge >= 0.3 is 0 Å². The van der Waals surface area contributed by atoms with Gasteiger partial charge < -0.3 is 29.2 Å². The quantitative estimate of drug-likeness (QED) is 0.185. The fraction of sp³-hybridized carbons (Fsp3) is 0.217. The Morgan fingerprint density at radius 2 is 0.984 bits per heavy atom. The number of aromatic amines is 2. The molecule has 62 heavy (non-hydrogen) atoms. The van der Waals surface area contributed by atoms with E-state index in [1.54, 1.807) is 61.6 Å². The molecule has 10 rings (SSSR count). The van der Waals surface area contributed by atoms with Crippen LogP contribution in [0.4, 0.5) is 0 Å². The maximum Gasteiger partial charge on any atom is 0.269 e. The van der Waals surface area contributed by atoms with Gasteiger partial charge in [0.15, 0.2) is 23.1 Å². The zero-order valence-corrected chi connectivity index (χ0v) is 35.5. The number of carbonyl (C=O) groups excluding carboxylic acids is 2. The van der Waals surface area contributed by atoms with Crippen LogP contribution in [0.15, 0.2) is 106 Å². The summed E-state index contributed by atoms with van der Waals surface area (Å²) in [5.74, 6) is 1.89. The summed E-state index contributed by atoms with van der Waals surface area (Å²) < 4.78 is 11.8. The number of thiophene rings is 2. The standard InChI is InChI=1S/C24H22N4O4S.C22H18N4O2S/c1-31-18-11-14-6-9-28(10-7-15(14)12-19(18)32-2)24(30)16-13-33-21-20(16)26-22(27-23(21)29)17-5-3-4-8-25-17;27-21-19-18(24-20(25-21)17-7-3-4-10-23-17)16(13-29-19)22(28)26-11-8-14-5-1-2-6-15(14)9-12-26/h3-5,8,11-13H,6-7,9-10H2,1-2H3,(H,26,27,29);1-7,10,13H,8-9,11-12H2,(H,24,25,27). The number of rotatable bonds is 6. The Morgan fingerprint density at radius 3 is 1.37 bits per heavy atom. The molecule has 8 heterocycles. The van der Waals surface area contributed by atoms with E-state index < -0.39 is 0 Å². The monoisotopic (exact) mass is 864 g/mol. The predicted molar refractivity (Wildman–Crippen MR) is 240 cm³/mol. The summed E-state index contributed by atoms with van der Waals surface area (Å²) in [7, 11) is 3.23. The molecule has 2 aliphatic rings. The van der Waals surface area contributed by atoms with Crippen molar-refractivity contribution in [3.8, 4) is 34.5 Å². The first kappa shape index (κ1) is 40.4. The first-order valence-corrected chi connectivity index (χ1v) is 21.8. The Kier molecular flexibility index (Phi) is 11.4. The van der Waals surface area contributed by atoms with Crippen LogP contribution >= 0.6 is 22.7 Å². The van der Waals surface area contributed by atoms with Gasteiger partial charge in [-0.1, -0.05) is 36.4 Å². The molecule has 0 unspecified atom stereocenters. The Balaban J connectivity index is 0.000000159. The van der Waals surface area contributed by atoms with E-state index >= 15 is 0 Å². The van der Waals surface area contributed by atoms with Crippen molar-refractivity contribution in [3.05, 3.63) is 150 Å². The number of pyridine rings is 2. The maximum absolute atomic E-state index is 13.5. The largest absolute Gasteiger partial charge is 0.493 e. The average Bonchev–Trinajstić information content (AvgIpc) is 3.81. The number of carbonyl (C=O) groups is 2. The first-order chi connectivity index (χ1) is 30.3. The van der Waals surface area contributed by atoms with Crippen molar-refractivity contribution in [2.45, 2.75) is 25.7 Å². The van der Waals surface area contributed by atoms with Crippen molar-refractivity contribution < 1.29 is 19.1 Å². The van der Waals surface area contributed by atoms with Crippen molar-refractivity contribution in [3.63, 3.8) is 0 Å². The highest BCUT2D eigenvalue weighted by molar-refractivity contribution is 7.17. The van der Waals surface area contributed by atoms with Crippen LogP contribution in [0.25, 0.3) is 43.5 Å². The van der Waals surface area contributed by atoms with Gasteiger partial charge in [-0.05, 0) is 84.3 Å². The number of fused-ring (bicyclic) bond motifs is 4. The van der Waals surface area contributed by atoms with Gasteiger partial charge in [0.05, 0.1) is 25.3 Å². The molecule has 8 aromatic rings. The Hall–Kier alpha value is -7.04. The molecule has 0 atom stereocenters. The molecular formula is C46H40N8O6S2. The van der Waals surface area contributed by atoms with E-state index in [-0.39, 0.29) is 22.9 Å². The Labute approximate surface area is 362 Å². The zero-order chi connectivity index (χ0) is 42.7. The summed E-state index contributed by atoms with van der Waals surface area (Å²) in [6.45, 7) is 2.44. The number of hydrogen-bond acceptors (Lipinski definition) is 12. The normalized spacial score (nSPS) is 13.6. The number of aromatic nitrogens is 6. The Bertz CT molecular complexity index is 3010. The summed E-state index contributed by atoms with van der Waals surface area (Å²) in [6.07, 6.45) is 6.36. The molecule has 16 heteroatoms. The van der Waals surface area contributed by atoms with E-state index in [0.717, 1.165) is 24.0 Å². The minimum Gasteiger partial charge on any atom is -0.493 e. The number of nitrogens with one attached hydrogen (secondary N) is 2. The molecule has 0 saturated carbocycles. The second kappa shape index (κ2) is 17.5. The molecule has 2 aromatic carbocycles. The van der Waals surface area contributed by atoms with E-state index in [9.17, 15) is 19.2 Å². The minimum atomic E-state index is -0.271. The van der Waals surface area contributed by atoms with Gasteiger partial charge in [-0.15, -0.1) is 22.7 Å². The van der Waals surface area contributed by atoms with Crippen molar-refractivity contribution in [1.82, 2.24) is 39.7 Å². The van der Waals surface area contributed by atoms with Crippen LogP contribution < -0.4 is 20.6 Å². The molecule has 0 radical (unpaired) electrons. The number of benzene rings is 2. The first-order valence-electron chi connectivity index (χ1n) is 20.0. The second-order valence-electron chi connectivity index (χ2n) is 14.7. The van der Waals surface area contributed by atoms with Crippen LogP contribution in [-0.2, 0) is 25.7 Å². The zero-order valence-electron chi connectivity index (χ0n) is 33.8. The molecule has 2 N–H and O–H groups in total. The van der Waals surface area contributed by atoms with E-state index in [0.29, 0.717) is 105 Å². The van der Waals surface area contributed by atoms with Crippen molar-refractivity contribution in [2.24, 2.45) is 0 Å². The number of amides is 2. The lowest BCUT2D eigenvalue weighted by molar-refractivity contribution is 0.0757. The highest BCUT2D eigenvalue weighted by Crippen LogP contribution is 2.33. The van der Waals surface area contributed by atoms with Crippen LogP contribution in [0.1, 0.15) is 43.0 Å². The number of methoxy groups -OCH3 is 2. The third-order valence-electron chi connectivity index (χ3n) is 11.1. The van der Waals surface area contributed by atoms with Gasteiger partial charge in [-0.3, -0.25) is 29.1 Å². The third kappa shape index (κ3) is 7.97. The molecule has 14 nitrogen and oxygen atoms in total. The Morgan fingerprint density at radius 1 is 0.581 bits per heavy atom. The minimum absolute atomic E-state index is 0.0749. The molecule has 0 saturated heterocycles. The van der Waals surface area contributed by atoms with Gasteiger partial charge in [0.2, 0.25) is 0 Å². The smallest absolute Gasteiger partial charge is 0.269 e. The fourth-order valence-electron chi connectivity index (χ4n) is 7.87. The second-order valence-corrected chi connectivity index (χ2v) is 16.5. The number of nitrogens with zero attached hydrogens (tertiary/aromatic N) is 6. The topological polar surface area (TPSA) is 176 Å². The van der Waals surface area contributed by atoms with E-state index in [1.807, 2.05) is 46.2 Å². The molecule has 2 aliphatic heterocycles. The molecule has 0 spiro atoms. The lowest BCUT2D eigenvalue weighted by Gasteiger charge is -2.19. The summed E-state index contributed by atoms with van der Waals surface area (Å²) in [6, 6.07) is 23.1. The number of ether oxygens (including phenoxy) is 2. The number of H-pyrrole nitrogens is 2. The molecule has 6 aromatic heterocycles. The average molecular weight is 865 g/mol. The SMILES string of the molecule is COc1cc2c(cc1OC)CCN(C(=O)c1csc3c(=O)[nH]c(-c4ccccn4)nc13)CC2.O=C(c1csc2c(=O)[nH]c(-c3ccccn3)nc12)N1CCc2ccccc2CC1. The number of hydrogen-bond donors (Lipinski definition) is 2. The van der Waals surface area contributed by atoms with E-state index in [1.165, 1.54) is 33.8 Å². The van der Waals surface area contributed by atoms with E-state index in [2.05, 4.69) is 42.0 Å². The lowest BCUT2D eigenvalue weighted by Crippen LogP contribution is -2.33. The third-order valence-corrected chi connectivity index (χ3v) is 13.1. The maximum atomic E-state index is 13.5. The molecule has 0 fully saturated rings. The fourth-order valence-corrected chi connectivity index (χ4v) is 9.62. The molecular weight excluding hydrogens is 825 g/mol. The molecule has 312 valence electrons. The van der Waals surface area contributed by atoms with Crippen LogP contribution in [0.3, 0.4) is 0 Å². The predicted octanol–water partition coefficient (Wildman–Crippen LogP) is 6.59. The van der Waals surface area contributed by atoms with Gasteiger partial charge in [0.1, 0.15) is 31.8 Å². The lowest BCUT2D eigenvalue weighted by atomic mass is 10.0. The van der Waals surface area contributed by atoms with E-state index in [4.69, 9.17) is 9.47 Å². The van der Waals surface area contributed by atoms with Crippen LogP contribution in [0.2, 0.25) is 0 Å².